The Kier molecular flexibility index (Phi) is 4.72. The molecule has 0 aromatic heterocycles. The molecule has 0 N–H and O–H groups in total. The summed E-state index contributed by atoms with van der Waals surface area (Å²) < 4.78 is 5.58. The van der Waals surface area contributed by atoms with Crippen molar-refractivity contribution in [1.29, 1.82) is 0 Å². The highest BCUT2D eigenvalue weighted by atomic mass is 79.9. The third-order valence-electron chi connectivity index (χ3n) is 3.18. The molecule has 6 nitrogen and oxygen atoms in total. The standard InChI is InChI=1S/C13H15BrN2O4/c1-20-7-6-15(9-2-3-9)13(17)11-8-10(16(18)19)4-5-12(11)14/h4-5,8-9H,2-3,6-7H2,1H3. The molecule has 0 aliphatic heterocycles. The van der Waals surface area contributed by atoms with Crippen molar-refractivity contribution in [3.05, 3.63) is 38.3 Å². The number of hydrogen-bond acceptors (Lipinski definition) is 4. The van der Waals surface area contributed by atoms with Crippen LogP contribution in [0.25, 0.3) is 0 Å². The monoisotopic (exact) mass is 342 g/mol. The Bertz CT molecular complexity index is 531. The first-order valence-electron chi connectivity index (χ1n) is 6.28. The molecule has 0 radical (unpaired) electrons. The zero-order chi connectivity index (χ0) is 14.7. The van der Waals surface area contributed by atoms with Gasteiger partial charge in [0.1, 0.15) is 0 Å². The molecule has 0 saturated heterocycles. The van der Waals surface area contributed by atoms with Gasteiger partial charge in [0.25, 0.3) is 11.6 Å². The molecule has 1 fully saturated rings. The largest absolute Gasteiger partial charge is 0.383 e. The van der Waals surface area contributed by atoms with E-state index >= 15 is 0 Å². The molecule has 1 aliphatic carbocycles. The van der Waals surface area contributed by atoms with E-state index in [0.29, 0.717) is 23.2 Å². The molecule has 1 aliphatic rings. The second-order valence-electron chi connectivity index (χ2n) is 4.64. The van der Waals surface area contributed by atoms with Crippen molar-refractivity contribution in [2.24, 2.45) is 0 Å². The van der Waals surface area contributed by atoms with Gasteiger partial charge in [-0.25, -0.2) is 0 Å². The molecule has 1 saturated carbocycles. The normalized spacial score (nSPS) is 14.1. The summed E-state index contributed by atoms with van der Waals surface area (Å²) in [4.78, 5) is 24.6. The molecule has 1 amide bonds. The van der Waals surface area contributed by atoms with Crippen LogP contribution >= 0.6 is 15.9 Å². The molecule has 0 heterocycles. The molecule has 1 aromatic carbocycles. The van der Waals surface area contributed by atoms with Crippen LogP contribution in [0.4, 0.5) is 5.69 Å². The van der Waals surface area contributed by atoms with E-state index in [4.69, 9.17) is 4.74 Å². The van der Waals surface area contributed by atoms with Gasteiger partial charge in [-0.05, 0) is 34.8 Å². The van der Waals surface area contributed by atoms with E-state index in [1.54, 1.807) is 12.0 Å². The van der Waals surface area contributed by atoms with Crippen LogP contribution in [0.1, 0.15) is 23.2 Å². The zero-order valence-corrected chi connectivity index (χ0v) is 12.6. The Morgan fingerprint density at radius 1 is 1.55 bits per heavy atom. The van der Waals surface area contributed by atoms with Crippen LogP contribution in [0.15, 0.2) is 22.7 Å². The predicted molar refractivity (Wildman–Crippen MR) is 76.7 cm³/mol. The predicted octanol–water partition coefficient (Wildman–Crippen LogP) is 2.61. The van der Waals surface area contributed by atoms with Gasteiger partial charge in [-0.3, -0.25) is 14.9 Å². The summed E-state index contributed by atoms with van der Waals surface area (Å²) in [7, 11) is 1.58. The highest BCUT2D eigenvalue weighted by molar-refractivity contribution is 9.10. The molecular formula is C13H15BrN2O4. The van der Waals surface area contributed by atoms with Gasteiger partial charge in [-0.15, -0.1) is 0 Å². The number of non-ortho nitro benzene ring substituents is 1. The van der Waals surface area contributed by atoms with E-state index in [1.165, 1.54) is 18.2 Å². The summed E-state index contributed by atoms with van der Waals surface area (Å²) in [5, 5.41) is 10.8. The molecular weight excluding hydrogens is 328 g/mol. The van der Waals surface area contributed by atoms with Crippen LogP contribution in [0.5, 0.6) is 0 Å². The first kappa shape index (κ1) is 14.9. The Balaban J connectivity index is 2.25. The maximum atomic E-state index is 12.5. The van der Waals surface area contributed by atoms with Crippen LogP contribution in [0.2, 0.25) is 0 Å². The van der Waals surface area contributed by atoms with E-state index in [0.717, 1.165) is 12.8 Å². The second-order valence-corrected chi connectivity index (χ2v) is 5.50. The lowest BCUT2D eigenvalue weighted by Crippen LogP contribution is -2.36. The third kappa shape index (κ3) is 3.34. The first-order valence-corrected chi connectivity index (χ1v) is 7.07. The van der Waals surface area contributed by atoms with Gasteiger partial charge in [0.2, 0.25) is 0 Å². The van der Waals surface area contributed by atoms with Crippen LogP contribution in [-0.2, 0) is 4.74 Å². The summed E-state index contributed by atoms with van der Waals surface area (Å²) in [6.45, 7) is 0.948. The minimum absolute atomic E-state index is 0.0842. The Morgan fingerprint density at radius 2 is 2.25 bits per heavy atom. The van der Waals surface area contributed by atoms with Gasteiger partial charge in [0.05, 0.1) is 17.1 Å². The van der Waals surface area contributed by atoms with E-state index in [1.807, 2.05) is 0 Å². The highest BCUT2D eigenvalue weighted by Gasteiger charge is 2.33. The number of benzene rings is 1. The SMILES string of the molecule is COCCN(C(=O)c1cc([N+](=O)[O-])ccc1Br)C1CC1. The Labute approximate surface area is 125 Å². The lowest BCUT2D eigenvalue weighted by molar-refractivity contribution is -0.384. The van der Waals surface area contributed by atoms with Crippen molar-refractivity contribution < 1.29 is 14.5 Å². The number of nitrogens with zero attached hydrogens (tertiary/aromatic N) is 2. The van der Waals surface area contributed by atoms with E-state index < -0.39 is 4.92 Å². The highest BCUT2D eigenvalue weighted by Crippen LogP contribution is 2.30. The zero-order valence-electron chi connectivity index (χ0n) is 11.0. The van der Waals surface area contributed by atoms with Gasteiger partial charge >= 0.3 is 0 Å². The molecule has 108 valence electrons. The van der Waals surface area contributed by atoms with Crippen LogP contribution in [-0.4, -0.2) is 42.0 Å². The third-order valence-corrected chi connectivity index (χ3v) is 3.87. The average Bonchev–Trinajstić information content (AvgIpc) is 3.23. The van der Waals surface area contributed by atoms with Crippen LogP contribution in [0.3, 0.4) is 0 Å². The number of ether oxygens (including phenoxy) is 1. The van der Waals surface area contributed by atoms with Gasteiger partial charge in [-0.1, -0.05) is 0 Å². The Hall–Kier alpha value is -1.47. The molecule has 20 heavy (non-hydrogen) atoms. The van der Waals surface area contributed by atoms with Gasteiger partial charge < -0.3 is 9.64 Å². The first-order chi connectivity index (χ1) is 9.54. The summed E-state index contributed by atoms with van der Waals surface area (Å²) in [5.74, 6) is -0.194. The van der Waals surface area contributed by atoms with Crippen molar-refractivity contribution >= 4 is 27.5 Å². The molecule has 0 atom stereocenters. The topological polar surface area (TPSA) is 72.7 Å². The second kappa shape index (κ2) is 6.32. The minimum Gasteiger partial charge on any atom is -0.383 e. The number of carbonyl (C=O) groups is 1. The number of carbonyl (C=O) groups excluding carboxylic acids is 1. The number of halogens is 1. The lowest BCUT2D eigenvalue weighted by atomic mass is 10.1. The van der Waals surface area contributed by atoms with Gasteiger partial charge in [-0.2, -0.15) is 0 Å². The fourth-order valence-corrected chi connectivity index (χ4v) is 2.39. The van der Waals surface area contributed by atoms with E-state index in [9.17, 15) is 14.9 Å². The molecule has 0 spiro atoms. The maximum Gasteiger partial charge on any atom is 0.270 e. The number of rotatable bonds is 6. The van der Waals surface area contributed by atoms with Crippen LogP contribution in [0, 0.1) is 10.1 Å². The van der Waals surface area contributed by atoms with E-state index in [2.05, 4.69) is 15.9 Å². The molecule has 0 bridgehead atoms. The average molecular weight is 343 g/mol. The van der Waals surface area contributed by atoms with Crippen molar-refractivity contribution in [2.75, 3.05) is 20.3 Å². The molecule has 2 rings (SSSR count). The lowest BCUT2D eigenvalue weighted by Gasteiger charge is -2.22. The van der Waals surface area contributed by atoms with Crippen LogP contribution < -0.4 is 0 Å². The van der Waals surface area contributed by atoms with Crippen molar-refractivity contribution in [1.82, 2.24) is 4.90 Å². The number of methoxy groups -OCH3 is 1. The fourth-order valence-electron chi connectivity index (χ4n) is 1.97. The van der Waals surface area contributed by atoms with Crippen molar-refractivity contribution in [3.63, 3.8) is 0 Å². The Morgan fingerprint density at radius 3 is 2.80 bits per heavy atom. The summed E-state index contributed by atoms with van der Waals surface area (Å²) >= 11 is 3.28. The van der Waals surface area contributed by atoms with Gasteiger partial charge in [0.15, 0.2) is 0 Å². The number of hydrogen-bond donors (Lipinski definition) is 0. The smallest absolute Gasteiger partial charge is 0.270 e. The van der Waals surface area contributed by atoms with Crippen molar-refractivity contribution in [2.45, 2.75) is 18.9 Å². The minimum atomic E-state index is -0.500. The summed E-state index contributed by atoms with van der Waals surface area (Å²) in [6.07, 6.45) is 1.95. The summed E-state index contributed by atoms with van der Waals surface area (Å²) in [5.41, 5.74) is 0.237. The quantitative estimate of drug-likeness (QED) is 0.588. The molecule has 7 heteroatoms. The number of amides is 1. The molecule has 1 aromatic rings. The fraction of sp³-hybridized carbons (Fsp3) is 0.462. The number of nitro benzene ring substituents is 1. The summed E-state index contributed by atoms with van der Waals surface area (Å²) in [6, 6.07) is 4.45. The number of nitro groups is 1. The molecule has 0 unspecified atom stereocenters. The van der Waals surface area contributed by atoms with E-state index in [-0.39, 0.29) is 17.6 Å². The van der Waals surface area contributed by atoms with Crippen molar-refractivity contribution in [3.8, 4) is 0 Å². The van der Waals surface area contributed by atoms with Gasteiger partial charge in [0, 0.05) is 36.3 Å². The maximum absolute atomic E-state index is 12.5.